The molecule has 0 aliphatic carbocycles. The Kier molecular flexibility index (Phi) is 4.60. The van der Waals surface area contributed by atoms with Crippen LogP contribution in [0.4, 0.5) is 16.3 Å². The van der Waals surface area contributed by atoms with Crippen molar-refractivity contribution in [2.24, 2.45) is 0 Å². The fraction of sp³-hybridized carbons (Fsp3) is 0.250. The molecule has 1 aliphatic rings. The molecule has 1 fully saturated rings. The van der Waals surface area contributed by atoms with Crippen LogP contribution in [0.3, 0.4) is 0 Å². The zero-order valence-electron chi connectivity index (χ0n) is 15.5. The number of benzene rings is 1. The van der Waals surface area contributed by atoms with Crippen LogP contribution in [-0.4, -0.2) is 41.1 Å². The minimum atomic E-state index is -0.352. The Bertz CT molecular complexity index is 1060. The molecule has 8 heteroatoms. The molecule has 2 amide bonds. The van der Waals surface area contributed by atoms with Crippen molar-refractivity contribution >= 4 is 29.2 Å². The van der Waals surface area contributed by atoms with Crippen LogP contribution in [0.15, 0.2) is 42.6 Å². The first-order valence-corrected chi connectivity index (χ1v) is 9.19. The maximum absolute atomic E-state index is 12.4. The first kappa shape index (κ1) is 17.8. The van der Waals surface area contributed by atoms with Gasteiger partial charge in [-0.2, -0.15) is 0 Å². The topological polar surface area (TPSA) is 102 Å². The van der Waals surface area contributed by atoms with Gasteiger partial charge in [-0.1, -0.05) is 19.1 Å². The number of pyridine rings is 1. The average Bonchev–Trinajstić information content (AvgIpc) is 3.29. The zero-order chi connectivity index (χ0) is 19.7. The number of fused-ring (bicyclic) bond motifs is 1. The third-order valence-electron chi connectivity index (χ3n) is 4.67. The number of nitrogens with two attached hydrogens (primary N) is 1. The lowest BCUT2D eigenvalue weighted by atomic mass is 10.1. The van der Waals surface area contributed by atoms with Crippen LogP contribution in [0.2, 0.25) is 0 Å². The van der Waals surface area contributed by atoms with E-state index in [0.29, 0.717) is 31.2 Å². The molecule has 3 aromatic rings. The summed E-state index contributed by atoms with van der Waals surface area (Å²) in [5, 5.41) is 2.81. The van der Waals surface area contributed by atoms with Crippen LogP contribution < -0.4 is 16.0 Å². The number of nitrogen functional groups attached to an aromatic ring is 1. The normalized spacial score (nSPS) is 13.8. The second-order valence-electron chi connectivity index (χ2n) is 6.53. The van der Waals surface area contributed by atoms with E-state index < -0.39 is 0 Å². The number of carbonyl (C=O) groups is 2. The van der Waals surface area contributed by atoms with Gasteiger partial charge in [0.1, 0.15) is 18.1 Å². The summed E-state index contributed by atoms with van der Waals surface area (Å²) in [5.41, 5.74) is 9.41. The van der Waals surface area contributed by atoms with Crippen molar-refractivity contribution in [3.63, 3.8) is 0 Å². The van der Waals surface area contributed by atoms with Crippen molar-refractivity contribution in [1.82, 2.24) is 14.7 Å². The van der Waals surface area contributed by atoms with Gasteiger partial charge in [0.25, 0.3) is 5.91 Å². The Morgan fingerprint density at radius 3 is 2.93 bits per heavy atom. The number of nitrogens with zero attached hydrogens (tertiary/aromatic N) is 3. The molecule has 0 atom stereocenters. The molecule has 144 valence electrons. The predicted octanol–water partition coefficient (Wildman–Crippen LogP) is 2.68. The Hall–Kier alpha value is -3.55. The molecule has 0 spiro atoms. The molecule has 3 heterocycles. The van der Waals surface area contributed by atoms with Crippen molar-refractivity contribution in [3.8, 4) is 11.1 Å². The summed E-state index contributed by atoms with van der Waals surface area (Å²) in [6.45, 7) is 3.44. The standard InChI is InChI=1S/C20H21N5O3/c1-2-8-22-19(26)16-17(21)25-9-4-7-15(18(25)23-16)13-5-3-6-14(12-13)24-10-11-28-20(24)27/h3-7,9,12H,2,8,10-11,21H2,1H3,(H,22,26). The molecule has 1 aromatic carbocycles. The van der Waals surface area contributed by atoms with E-state index in [9.17, 15) is 9.59 Å². The van der Waals surface area contributed by atoms with Crippen LogP contribution >= 0.6 is 0 Å². The SMILES string of the molecule is CCCNC(=O)c1nc2c(-c3cccc(N4CCOC4=O)c3)cccn2c1N. The maximum atomic E-state index is 12.4. The quantitative estimate of drug-likeness (QED) is 0.710. The summed E-state index contributed by atoms with van der Waals surface area (Å²) in [4.78, 5) is 30.3. The number of aromatic nitrogens is 2. The Balaban J connectivity index is 1.77. The number of hydrogen-bond donors (Lipinski definition) is 2. The van der Waals surface area contributed by atoms with Crippen LogP contribution in [0, 0.1) is 0 Å². The van der Waals surface area contributed by atoms with E-state index in [1.165, 1.54) is 0 Å². The number of nitrogens with one attached hydrogen (secondary N) is 1. The highest BCUT2D eigenvalue weighted by Gasteiger charge is 2.24. The van der Waals surface area contributed by atoms with Gasteiger partial charge in [-0.3, -0.25) is 14.1 Å². The molecule has 0 radical (unpaired) electrons. The maximum Gasteiger partial charge on any atom is 0.414 e. The highest BCUT2D eigenvalue weighted by atomic mass is 16.6. The second-order valence-corrected chi connectivity index (χ2v) is 6.53. The van der Waals surface area contributed by atoms with Gasteiger partial charge in [0.15, 0.2) is 5.69 Å². The minimum Gasteiger partial charge on any atom is -0.447 e. The van der Waals surface area contributed by atoms with Crippen molar-refractivity contribution in [1.29, 1.82) is 0 Å². The molecule has 1 aliphatic heterocycles. The summed E-state index contributed by atoms with van der Waals surface area (Å²) in [6.07, 6.45) is 2.26. The van der Waals surface area contributed by atoms with E-state index >= 15 is 0 Å². The molecular weight excluding hydrogens is 358 g/mol. The minimum absolute atomic E-state index is 0.208. The fourth-order valence-electron chi connectivity index (χ4n) is 3.27. The van der Waals surface area contributed by atoms with Gasteiger partial charge in [0.05, 0.1) is 6.54 Å². The summed E-state index contributed by atoms with van der Waals surface area (Å²) in [5.74, 6) is 0.00675. The number of cyclic esters (lactones) is 1. The van der Waals surface area contributed by atoms with E-state index in [1.807, 2.05) is 43.3 Å². The second kappa shape index (κ2) is 7.22. The molecule has 3 N–H and O–H groups in total. The molecule has 0 bridgehead atoms. The highest BCUT2D eigenvalue weighted by Crippen LogP contribution is 2.30. The summed E-state index contributed by atoms with van der Waals surface area (Å²) < 4.78 is 6.72. The van der Waals surface area contributed by atoms with Crippen molar-refractivity contribution in [3.05, 3.63) is 48.3 Å². The largest absolute Gasteiger partial charge is 0.447 e. The van der Waals surface area contributed by atoms with E-state index in [4.69, 9.17) is 10.5 Å². The van der Waals surface area contributed by atoms with Crippen LogP contribution in [0.1, 0.15) is 23.8 Å². The van der Waals surface area contributed by atoms with E-state index in [1.54, 1.807) is 15.5 Å². The Labute approximate surface area is 161 Å². The van der Waals surface area contributed by atoms with E-state index in [0.717, 1.165) is 23.2 Å². The molecule has 0 unspecified atom stereocenters. The number of amides is 2. The van der Waals surface area contributed by atoms with Gasteiger partial charge in [-0.15, -0.1) is 0 Å². The van der Waals surface area contributed by atoms with Gasteiger partial charge in [-0.25, -0.2) is 9.78 Å². The predicted molar refractivity (Wildman–Crippen MR) is 106 cm³/mol. The number of carbonyl (C=O) groups excluding carboxylic acids is 2. The first-order chi connectivity index (χ1) is 13.6. The third kappa shape index (κ3) is 3.02. The summed E-state index contributed by atoms with van der Waals surface area (Å²) in [6, 6.07) is 11.3. The van der Waals surface area contributed by atoms with Crippen molar-refractivity contribution < 1.29 is 14.3 Å². The molecule has 28 heavy (non-hydrogen) atoms. The Morgan fingerprint density at radius 1 is 1.32 bits per heavy atom. The van der Waals surface area contributed by atoms with Crippen LogP contribution in [0.5, 0.6) is 0 Å². The lowest BCUT2D eigenvalue weighted by Gasteiger charge is -2.14. The zero-order valence-corrected chi connectivity index (χ0v) is 15.5. The summed E-state index contributed by atoms with van der Waals surface area (Å²) >= 11 is 0. The summed E-state index contributed by atoms with van der Waals surface area (Å²) in [7, 11) is 0. The van der Waals surface area contributed by atoms with Gasteiger partial charge < -0.3 is 15.8 Å². The lowest BCUT2D eigenvalue weighted by Crippen LogP contribution is -2.25. The molecular formula is C20H21N5O3. The smallest absolute Gasteiger partial charge is 0.414 e. The number of imidazole rings is 1. The fourth-order valence-corrected chi connectivity index (χ4v) is 3.27. The number of rotatable bonds is 5. The van der Waals surface area contributed by atoms with Crippen LogP contribution in [-0.2, 0) is 4.74 Å². The third-order valence-corrected chi connectivity index (χ3v) is 4.67. The molecule has 8 nitrogen and oxygen atoms in total. The number of anilines is 2. The van der Waals surface area contributed by atoms with Gasteiger partial charge in [0.2, 0.25) is 0 Å². The highest BCUT2D eigenvalue weighted by molar-refractivity contribution is 5.99. The van der Waals surface area contributed by atoms with Gasteiger partial charge in [0, 0.05) is 24.0 Å². The average molecular weight is 379 g/mol. The van der Waals surface area contributed by atoms with Gasteiger partial charge >= 0.3 is 6.09 Å². The van der Waals surface area contributed by atoms with E-state index in [-0.39, 0.29) is 17.7 Å². The van der Waals surface area contributed by atoms with Crippen molar-refractivity contribution in [2.45, 2.75) is 13.3 Å². The first-order valence-electron chi connectivity index (χ1n) is 9.19. The monoisotopic (exact) mass is 379 g/mol. The Morgan fingerprint density at radius 2 is 2.18 bits per heavy atom. The van der Waals surface area contributed by atoms with Gasteiger partial charge in [-0.05, 0) is 36.2 Å². The van der Waals surface area contributed by atoms with Crippen LogP contribution in [0.25, 0.3) is 16.8 Å². The van der Waals surface area contributed by atoms with Crippen molar-refractivity contribution in [2.75, 3.05) is 30.3 Å². The molecule has 4 rings (SSSR count). The number of hydrogen-bond acceptors (Lipinski definition) is 5. The molecule has 1 saturated heterocycles. The van der Waals surface area contributed by atoms with E-state index in [2.05, 4.69) is 10.3 Å². The molecule has 2 aromatic heterocycles. The number of ether oxygens (including phenoxy) is 1. The molecule has 0 saturated carbocycles. The lowest BCUT2D eigenvalue weighted by molar-refractivity contribution is 0.0950.